The Hall–Kier alpha value is -2.74. The first kappa shape index (κ1) is 21.0. The van der Waals surface area contributed by atoms with E-state index in [0.29, 0.717) is 19.1 Å². The Labute approximate surface area is 173 Å². The van der Waals surface area contributed by atoms with Gasteiger partial charge in [-0.2, -0.15) is 0 Å². The van der Waals surface area contributed by atoms with Gasteiger partial charge < -0.3 is 20.0 Å². The summed E-state index contributed by atoms with van der Waals surface area (Å²) in [6.07, 6.45) is 2.83. The minimum atomic E-state index is -0.166. The number of aryl methyl sites for hydroxylation is 1. The van der Waals surface area contributed by atoms with E-state index in [-0.39, 0.29) is 11.7 Å². The number of nitrogens with zero attached hydrogens (tertiary/aromatic N) is 6. The summed E-state index contributed by atoms with van der Waals surface area (Å²) >= 11 is 0. The Kier molecular flexibility index (Phi) is 6.64. The van der Waals surface area contributed by atoms with Gasteiger partial charge in [-0.3, -0.25) is 4.79 Å². The van der Waals surface area contributed by atoms with Gasteiger partial charge in [0.05, 0.1) is 0 Å². The van der Waals surface area contributed by atoms with E-state index in [4.69, 9.17) is 0 Å². The summed E-state index contributed by atoms with van der Waals surface area (Å²) in [6, 6.07) is 6.20. The number of amides is 1. The van der Waals surface area contributed by atoms with Crippen LogP contribution in [-0.4, -0.2) is 84.0 Å². The topological polar surface area (TPSA) is 77.5 Å². The molecule has 1 aliphatic heterocycles. The Morgan fingerprint density at radius 3 is 2.69 bits per heavy atom. The largest absolute Gasteiger partial charge is 0.368 e. The number of carbonyl (C=O) groups excluding carboxylic acids is 1. The molecule has 3 rings (SSSR count). The molecule has 0 bridgehead atoms. The summed E-state index contributed by atoms with van der Waals surface area (Å²) in [7, 11) is 5.99. The van der Waals surface area contributed by atoms with Crippen LogP contribution in [0.25, 0.3) is 0 Å². The van der Waals surface area contributed by atoms with E-state index < -0.39 is 0 Å². The average molecular weight is 398 g/mol. The number of aromatic nitrogens is 3. The van der Waals surface area contributed by atoms with Gasteiger partial charge in [0.1, 0.15) is 11.6 Å². The van der Waals surface area contributed by atoms with Gasteiger partial charge in [-0.1, -0.05) is 6.07 Å². The van der Waals surface area contributed by atoms with Crippen LogP contribution >= 0.6 is 0 Å². The average Bonchev–Trinajstić information content (AvgIpc) is 3.20. The van der Waals surface area contributed by atoms with Gasteiger partial charge in [-0.15, -0.1) is 0 Å². The molecule has 1 aliphatic rings. The normalized spacial score (nSPS) is 16.3. The monoisotopic (exact) mass is 397 g/mol. The standard InChI is InChI=1S/C21H31N7O/c1-15-16(2)24-19(25-20(15)28-12-9-17(14-28)26(3)4)21(29)27(5)13-11-23-18-8-6-7-10-22-18/h6-8,10,17H,9,11-14H2,1-5H3,(H,22,23)/t17-/m1/s1. The summed E-state index contributed by atoms with van der Waals surface area (Å²) in [5.41, 5.74) is 1.90. The molecule has 1 atom stereocenters. The summed E-state index contributed by atoms with van der Waals surface area (Å²) in [5.74, 6) is 1.77. The number of likely N-dealkylation sites (N-methyl/N-ethyl adjacent to an activating group) is 2. The molecule has 0 radical (unpaired) electrons. The first-order chi connectivity index (χ1) is 13.9. The van der Waals surface area contributed by atoms with Crippen molar-refractivity contribution in [3.8, 4) is 0 Å². The fraction of sp³-hybridized carbons (Fsp3) is 0.524. The zero-order valence-corrected chi connectivity index (χ0v) is 18.0. The van der Waals surface area contributed by atoms with Crippen molar-refractivity contribution in [2.75, 3.05) is 57.5 Å². The molecule has 3 heterocycles. The van der Waals surface area contributed by atoms with E-state index in [1.165, 1.54) is 0 Å². The van der Waals surface area contributed by atoms with E-state index in [1.54, 1.807) is 18.1 Å². The first-order valence-corrected chi connectivity index (χ1v) is 10.0. The Morgan fingerprint density at radius 2 is 2.03 bits per heavy atom. The van der Waals surface area contributed by atoms with Crippen molar-refractivity contribution in [3.05, 3.63) is 41.5 Å². The van der Waals surface area contributed by atoms with E-state index >= 15 is 0 Å². The number of pyridine rings is 1. The van der Waals surface area contributed by atoms with Crippen LogP contribution in [0.15, 0.2) is 24.4 Å². The van der Waals surface area contributed by atoms with Crippen molar-refractivity contribution < 1.29 is 4.79 Å². The molecule has 29 heavy (non-hydrogen) atoms. The number of anilines is 2. The molecule has 2 aromatic rings. The van der Waals surface area contributed by atoms with Crippen LogP contribution in [0.3, 0.4) is 0 Å². The van der Waals surface area contributed by atoms with Crippen molar-refractivity contribution >= 4 is 17.5 Å². The quantitative estimate of drug-likeness (QED) is 0.763. The van der Waals surface area contributed by atoms with Crippen molar-refractivity contribution in [2.24, 2.45) is 0 Å². The van der Waals surface area contributed by atoms with Gasteiger partial charge in [0.2, 0.25) is 5.82 Å². The van der Waals surface area contributed by atoms with Gasteiger partial charge in [-0.05, 0) is 46.5 Å². The van der Waals surface area contributed by atoms with E-state index in [1.807, 2.05) is 32.0 Å². The van der Waals surface area contributed by atoms with Crippen molar-refractivity contribution in [1.29, 1.82) is 0 Å². The Balaban J connectivity index is 1.67. The summed E-state index contributed by atoms with van der Waals surface area (Å²) < 4.78 is 0. The fourth-order valence-electron chi connectivity index (χ4n) is 3.46. The van der Waals surface area contributed by atoms with Crippen LogP contribution in [0.2, 0.25) is 0 Å². The zero-order valence-electron chi connectivity index (χ0n) is 18.0. The first-order valence-electron chi connectivity index (χ1n) is 10.0. The highest BCUT2D eigenvalue weighted by Gasteiger charge is 2.28. The minimum Gasteiger partial charge on any atom is -0.368 e. The minimum absolute atomic E-state index is 0.166. The second-order valence-electron chi connectivity index (χ2n) is 7.80. The van der Waals surface area contributed by atoms with Gasteiger partial charge in [-0.25, -0.2) is 15.0 Å². The third kappa shape index (κ3) is 5.00. The molecule has 156 valence electrons. The summed E-state index contributed by atoms with van der Waals surface area (Å²) in [5, 5.41) is 3.22. The molecule has 0 saturated carbocycles. The van der Waals surface area contributed by atoms with Crippen LogP contribution in [0.4, 0.5) is 11.6 Å². The van der Waals surface area contributed by atoms with E-state index in [2.05, 4.69) is 44.2 Å². The molecular weight excluding hydrogens is 366 g/mol. The number of nitrogens with one attached hydrogen (secondary N) is 1. The lowest BCUT2D eigenvalue weighted by Crippen LogP contribution is -2.34. The lowest BCUT2D eigenvalue weighted by Gasteiger charge is -2.24. The van der Waals surface area contributed by atoms with E-state index in [9.17, 15) is 4.79 Å². The maximum absolute atomic E-state index is 12.9. The van der Waals surface area contributed by atoms with Crippen molar-refractivity contribution in [3.63, 3.8) is 0 Å². The van der Waals surface area contributed by atoms with Crippen molar-refractivity contribution in [2.45, 2.75) is 26.3 Å². The molecular formula is C21H31N7O. The van der Waals surface area contributed by atoms with Gasteiger partial charge >= 0.3 is 0 Å². The maximum Gasteiger partial charge on any atom is 0.291 e. The molecule has 0 spiro atoms. The van der Waals surface area contributed by atoms with Crippen LogP contribution < -0.4 is 10.2 Å². The number of hydrogen-bond acceptors (Lipinski definition) is 7. The molecule has 0 aromatic carbocycles. The maximum atomic E-state index is 12.9. The van der Waals surface area contributed by atoms with Gasteiger partial charge in [0.25, 0.3) is 5.91 Å². The smallest absolute Gasteiger partial charge is 0.291 e. The van der Waals surface area contributed by atoms with Crippen LogP contribution in [-0.2, 0) is 0 Å². The van der Waals surface area contributed by atoms with Crippen LogP contribution in [0.5, 0.6) is 0 Å². The molecule has 1 N–H and O–H groups in total. The predicted octanol–water partition coefficient (Wildman–Crippen LogP) is 1.81. The zero-order chi connectivity index (χ0) is 21.0. The Morgan fingerprint density at radius 1 is 1.24 bits per heavy atom. The highest BCUT2D eigenvalue weighted by Crippen LogP contribution is 2.25. The molecule has 8 heteroatoms. The van der Waals surface area contributed by atoms with Crippen LogP contribution in [0, 0.1) is 13.8 Å². The van der Waals surface area contributed by atoms with Gasteiger partial charge in [0, 0.05) is 56.7 Å². The third-order valence-electron chi connectivity index (χ3n) is 5.51. The molecule has 1 amide bonds. The molecule has 1 saturated heterocycles. The molecule has 8 nitrogen and oxygen atoms in total. The highest BCUT2D eigenvalue weighted by molar-refractivity contribution is 5.91. The van der Waals surface area contributed by atoms with Crippen LogP contribution in [0.1, 0.15) is 28.3 Å². The van der Waals surface area contributed by atoms with E-state index in [0.717, 1.165) is 42.4 Å². The molecule has 0 unspecified atom stereocenters. The number of hydrogen-bond donors (Lipinski definition) is 1. The summed E-state index contributed by atoms with van der Waals surface area (Å²) in [6.45, 7) is 6.97. The summed E-state index contributed by atoms with van der Waals surface area (Å²) in [4.78, 5) is 32.5. The SMILES string of the molecule is Cc1nc(C(=O)N(C)CCNc2ccccn2)nc(N2CC[C@@H](N(C)C)C2)c1C. The fourth-order valence-corrected chi connectivity index (χ4v) is 3.46. The van der Waals surface area contributed by atoms with Crippen molar-refractivity contribution in [1.82, 2.24) is 24.8 Å². The third-order valence-corrected chi connectivity index (χ3v) is 5.51. The lowest BCUT2D eigenvalue weighted by atomic mass is 10.2. The van der Waals surface area contributed by atoms with Gasteiger partial charge in [0.15, 0.2) is 0 Å². The number of rotatable bonds is 7. The second-order valence-corrected chi connectivity index (χ2v) is 7.80. The Bertz CT molecular complexity index is 840. The molecule has 2 aromatic heterocycles. The number of carbonyl (C=O) groups is 1. The molecule has 0 aliphatic carbocycles. The predicted molar refractivity (Wildman–Crippen MR) is 115 cm³/mol. The second kappa shape index (κ2) is 9.17. The molecule has 1 fully saturated rings. The highest BCUT2D eigenvalue weighted by atomic mass is 16.2. The lowest BCUT2D eigenvalue weighted by molar-refractivity contribution is 0.0788.